The molecule has 1 aromatic heterocycles. The van der Waals surface area contributed by atoms with E-state index in [1.54, 1.807) is 0 Å². The topological polar surface area (TPSA) is 51.1 Å². The van der Waals surface area contributed by atoms with Crippen molar-refractivity contribution in [2.75, 3.05) is 43.2 Å². The van der Waals surface area contributed by atoms with Crippen molar-refractivity contribution in [3.63, 3.8) is 0 Å². The minimum absolute atomic E-state index is 0.279. The lowest BCUT2D eigenvalue weighted by molar-refractivity contribution is -0.364. The molecule has 24 heavy (non-hydrogen) atoms. The van der Waals surface area contributed by atoms with E-state index in [9.17, 15) is 0 Å². The first-order valence-corrected chi connectivity index (χ1v) is 8.38. The molecule has 0 spiro atoms. The Morgan fingerprint density at radius 1 is 1.04 bits per heavy atom. The molecule has 1 aromatic carbocycles. The van der Waals surface area contributed by atoms with E-state index in [1.807, 2.05) is 36.5 Å². The molecule has 2 aromatic rings. The van der Waals surface area contributed by atoms with Gasteiger partial charge in [-0.2, -0.15) is 0 Å². The Kier molecular flexibility index (Phi) is 4.08. The molecule has 0 aliphatic carbocycles. The second-order valence-electron chi connectivity index (χ2n) is 5.72. The van der Waals surface area contributed by atoms with E-state index in [0.717, 1.165) is 54.3 Å². The largest absolute Gasteiger partial charge is 0.454 e. The molecule has 0 amide bonds. The van der Waals surface area contributed by atoms with Gasteiger partial charge in [-0.3, -0.25) is 4.90 Å². The fourth-order valence-electron chi connectivity index (χ4n) is 2.91. The molecule has 0 bridgehead atoms. The number of anilines is 2. The Labute approximate surface area is 146 Å². The van der Waals surface area contributed by atoms with Gasteiger partial charge in [-0.15, -0.1) is 0 Å². The number of ether oxygens (including phenoxy) is 2. The van der Waals surface area contributed by atoms with Crippen molar-refractivity contribution >= 4 is 28.8 Å². The van der Waals surface area contributed by atoms with Crippen molar-refractivity contribution in [2.45, 2.75) is 0 Å². The molecule has 124 valence electrons. The van der Waals surface area contributed by atoms with Gasteiger partial charge in [0, 0.05) is 17.8 Å². The van der Waals surface area contributed by atoms with Gasteiger partial charge in [0.05, 0.1) is 19.3 Å². The number of hydrogen-bond acceptors (Lipinski definition) is 4. The molecule has 2 aliphatic heterocycles. The summed E-state index contributed by atoms with van der Waals surface area (Å²) in [6.07, 6.45) is 1.95. The van der Waals surface area contributed by atoms with Crippen LogP contribution in [0.25, 0.3) is 0 Å². The fourth-order valence-corrected chi connectivity index (χ4v) is 3.21. The van der Waals surface area contributed by atoms with E-state index >= 15 is 0 Å². The van der Waals surface area contributed by atoms with Crippen molar-refractivity contribution in [3.8, 4) is 11.5 Å². The van der Waals surface area contributed by atoms with Crippen LogP contribution in [0.5, 0.6) is 11.5 Å². The van der Waals surface area contributed by atoms with Crippen molar-refractivity contribution < 1.29 is 14.5 Å². The number of H-pyrrole nitrogens is 1. The van der Waals surface area contributed by atoms with Crippen LogP contribution in [0.15, 0.2) is 42.6 Å². The van der Waals surface area contributed by atoms with Crippen LogP contribution in [0.1, 0.15) is 0 Å². The van der Waals surface area contributed by atoms with Crippen molar-refractivity contribution in [1.82, 2.24) is 4.90 Å². The molecule has 1 saturated heterocycles. The van der Waals surface area contributed by atoms with Crippen LogP contribution in [0.3, 0.4) is 0 Å². The lowest BCUT2D eigenvalue weighted by Crippen LogP contribution is -2.51. The molecule has 2 aliphatic rings. The van der Waals surface area contributed by atoms with Gasteiger partial charge in [0.1, 0.15) is 13.1 Å². The lowest BCUT2D eigenvalue weighted by atomic mass is 10.2. The highest BCUT2D eigenvalue weighted by atomic mass is 32.1. The van der Waals surface area contributed by atoms with E-state index in [-0.39, 0.29) is 6.79 Å². The SMILES string of the molecule is S=C(Nc1ccc2c(c1)OCO2)N1CCN(c2cccc[nH+]2)CC1. The molecule has 6 nitrogen and oxygen atoms in total. The van der Waals surface area contributed by atoms with Gasteiger partial charge in [-0.25, -0.2) is 4.98 Å². The van der Waals surface area contributed by atoms with Crippen LogP contribution in [0.4, 0.5) is 11.5 Å². The van der Waals surface area contributed by atoms with Gasteiger partial charge in [0.15, 0.2) is 16.6 Å². The zero-order chi connectivity index (χ0) is 16.4. The predicted octanol–water partition coefficient (Wildman–Crippen LogP) is 1.75. The summed E-state index contributed by atoms with van der Waals surface area (Å²) in [7, 11) is 0. The Hall–Kier alpha value is -2.54. The van der Waals surface area contributed by atoms with Gasteiger partial charge >= 0.3 is 0 Å². The summed E-state index contributed by atoms with van der Waals surface area (Å²) in [5, 5.41) is 4.03. The van der Waals surface area contributed by atoms with E-state index in [0.29, 0.717) is 0 Å². The summed E-state index contributed by atoms with van der Waals surface area (Å²) in [4.78, 5) is 7.81. The Morgan fingerprint density at radius 3 is 2.67 bits per heavy atom. The van der Waals surface area contributed by atoms with Gasteiger partial charge in [0.25, 0.3) is 5.82 Å². The van der Waals surface area contributed by atoms with Crippen molar-refractivity contribution in [1.29, 1.82) is 0 Å². The molecule has 3 heterocycles. The van der Waals surface area contributed by atoms with Gasteiger partial charge < -0.3 is 19.7 Å². The second-order valence-corrected chi connectivity index (χ2v) is 6.11. The van der Waals surface area contributed by atoms with Crippen LogP contribution >= 0.6 is 12.2 Å². The molecule has 4 rings (SSSR count). The number of piperazine rings is 1. The highest BCUT2D eigenvalue weighted by Crippen LogP contribution is 2.34. The number of aromatic amines is 1. The van der Waals surface area contributed by atoms with Crippen LogP contribution in [0, 0.1) is 0 Å². The maximum absolute atomic E-state index is 5.56. The predicted molar refractivity (Wildman–Crippen MR) is 95.6 cm³/mol. The molecular formula is C17H19N4O2S+. The van der Waals surface area contributed by atoms with Crippen molar-refractivity contribution in [2.24, 2.45) is 0 Å². The summed E-state index contributed by atoms with van der Waals surface area (Å²) < 4.78 is 10.7. The van der Waals surface area contributed by atoms with E-state index in [2.05, 4.69) is 26.2 Å². The van der Waals surface area contributed by atoms with E-state index in [4.69, 9.17) is 21.7 Å². The zero-order valence-corrected chi connectivity index (χ0v) is 14.0. The quantitative estimate of drug-likeness (QED) is 0.839. The highest BCUT2D eigenvalue weighted by molar-refractivity contribution is 7.80. The Morgan fingerprint density at radius 2 is 1.88 bits per heavy atom. The van der Waals surface area contributed by atoms with Crippen LogP contribution < -0.4 is 24.7 Å². The molecule has 2 N–H and O–H groups in total. The summed E-state index contributed by atoms with van der Waals surface area (Å²) in [6, 6.07) is 11.9. The first-order chi connectivity index (χ1) is 11.8. The number of rotatable bonds is 2. The van der Waals surface area contributed by atoms with Crippen LogP contribution in [-0.4, -0.2) is 43.0 Å². The number of aromatic nitrogens is 1. The average Bonchev–Trinajstić information content (AvgIpc) is 3.10. The maximum atomic E-state index is 5.56. The summed E-state index contributed by atoms with van der Waals surface area (Å²) in [6.45, 7) is 3.92. The average molecular weight is 343 g/mol. The van der Waals surface area contributed by atoms with E-state index < -0.39 is 0 Å². The number of nitrogens with one attached hydrogen (secondary N) is 2. The molecule has 0 unspecified atom stereocenters. The van der Waals surface area contributed by atoms with E-state index in [1.165, 1.54) is 0 Å². The second kappa shape index (κ2) is 6.52. The van der Waals surface area contributed by atoms with Crippen molar-refractivity contribution in [3.05, 3.63) is 42.6 Å². The number of pyridine rings is 1. The first kappa shape index (κ1) is 15.0. The monoisotopic (exact) mass is 343 g/mol. The fraction of sp³-hybridized carbons (Fsp3) is 0.294. The third kappa shape index (κ3) is 3.07. The summed E-state index contributed by atoms with van der Waals surface area (Å²) >= 11 is 5.56. The normalized spacial score (nSPS) is 16.2. The van der Waals surface area contributed by atoms with Crippen LogP contribution in [0.2, 0.25) is 0 Å². The van der Waals surface area contributed by atoms with Gasteiger partial charge in [-0.1, -0.05) is 6.07 Å². The minimum Gasteiger partial charge on any atom is -0.454 e. The molecule has 0 atom stereocenters. The molecule has 0 saturated carbocycles. The van der Waals surface area contributed by atoms with Gasteiger partial charge in [-0.05, 0) is 30.4 Å². The number of hydrogen-bond donors (Lipinski definition) is 1. The molecule has 1 fully saturated rings. The standard InChI is InChI=1S/C17H18N4O2S/c24-17(19-13-4-5-14-15(11-13)23-12-22-14)21-9-7-20(8-10-21)16-3-1-2-6-18-16/h1-6,11H,7-10,12H2,(H,19,24)/p+1. The molecular weight excluding hydrogens is 324 g/mol. The molecule has 0 radical (unpaired) electrons. The summed E-state index contributed by atoms with van der Waals surface area (Å²) in [5.41, 5.74) is 0.920. The Balaban J connectivity index is 1.35. The summed E-state index contributed by atoms with van der Waals surface area (Å²) in [5.74, 6) is 2.68. The first-order valence-electron chi connectivity index (χ1n) is 7.97. The third-order valence-electron chi connectivity index (χ3n) is 4.22. The number of benzene rings is 1. The number of nitrogens with zero attached hydrogens (tertiary/aromatic N) is 2. The third-order valence-corrected chi connectivity index (χ3v) is 4.58. The lowest BCUT2D eigenvalue weighted by Gasteiger charge is -2.32. The molecule has 7 heteroatoms. The number of fused-ring (bicyclic) bond motifs is 1. The smallest absolute Gasteiger partial charge is 0.274 e. The number of thiocarbonyl (C=S) groups is 1. The van der Waals surface area contributed by atoms with Crippen LogP contribution in [-0.2, 0) is 0 Å². The highest BCUT2D eigenvalue weighted by Gasteiger charge is 2.24. The minimum atomic E-state index is 0.279. The van der Waals surface area contributed by atoms with Gasteiger partial charge in [0.2, 0.25) is 6.79 Å². The Bertz CT molecular complexity index is 733. The maximum Gasteiger partial charge on any atom is 0.274 e. The zero-order valence-electron chi connectivity index (χ0n) is 13.2.